The summed E-state index contributed by atoms with van der Waals surface area (Å²) in [4.78, 5) is 0. The van der Waals surface area contributed by atoms with Crippen molar-refractivity contribution in [2.24, 2.45) is 0 Å². The first-order valence-corrected chi connectivity index (χ1v) is 7.03. The lowest BCUT2D eigenvalue weighted by Crippen LogP contribution is -2.05. The van der Waals surface area contributed by atoms with E-state index >= 15 is 0 Å². The topological polar surface area (TPSA) is 29.5 Å². The minimum Gasteiger partial charge on any atom is -0.384 e. The molecule has 0 fully saturated rings. The van der Waals surface area contributed by atoms with Gasteiger partial charge in [-0.3, -0.25) is 0 Å². The van der Waals surface area contributed by atoms with Crippen LogP contribution >= 0.6 is 0 Å². The molecule has 1 atom stereocenters. The Hall–Kier alpha value is -2.16. The number of aliphatic hydroxyl groups excluding tert-OH is 1. The van der Waals surface area contributed by atoms with E-state index < -0.39 is 6.10 Å². The van der Waals surface area contributed by atoms with Crippen LogP contribution < -0.4 is 0 Å². The predicted octanol–water partition coefficient (Wildman–Crippen LogP) is 4.07. The van der Waals surface area contributed by atoms with Gasteiger partial charge >= 0.3 is 0 Å². The highest BCUT2D eigenvalue weighted by molar-refractivity contribution is 5.86. The third-order valence-corrected chi connectivity index (χ3v) is 3.77. The first-order valence-electron chi connectivity index (χ1n) is 7.03. The van der Waals surface area contributed by atoms with Gasteiger partial charge in [-0.25, -0.2) is 0 Å². The Labute approximate surface area is 124 Å². The Morgan fingerprint density at radius 1 is 0.857 bits per heavy atom. The molecule has 1 unspecified atom stereocenters. The van der Waals surface area contributed by atoms with Crippen molar-refractivity contribution >= 4 is 10.8 Å². The number of rotatable bonds is 4. The monoisotopic (exact) mass is 278 g/mol. The molecule has 106 valence electrons. The number of aliphatic hydroxyl groups is 1. The van der Waals surface area contributed by atoms with Crippen LogP contribution in [0.3, 0.4) is 0 Å². The molecule has 0 aliphatic carbocycles. The fraction of sp³-hybridized carbons (Fsp3) is 0.158. The molecule has 0 aliphatic rings. The van der Waals surface area contributed by atoms with Crippen LogP contribution in [-0.2, 0) is 11.3 Å². The molecule has 0 aromatic heterocycles. The highest BCUT2D eigenvalue weighted by atomic mass is 16.5. The summed E-state index contributed by atoms with van der Waals surface area (Å²) in [6.07, 6.45) is -0.651. The van der Waals surface area contributed by atoms with E-state index in [0.717, 1.165) is 27.5 Å². The predicted molar refractivity (Wildman–Crippen MR) is 85.2 cm³/mol. The molecule has 0 spiro atoms. The van der Waals surface area contributed by atoms with Crippen molar-refractivity contribution < 1.29 is 9.84 Å². The van der Waals surface area contributed by atoms with Gasteiger partial charge in [-0.1, -0.05) is 66.7 Å². The summed E-state index contributed by atoms with van der Waals surface area (Å²) in [7, 11) is 1.67. The van der Waals surface area contributed by atoms with Gasteiger partial charge in [0, 0.05) is 7.11 Å². The van der Waals surface area contributed by atoms with E-state index in [-0.39, 0.29) is 0 Å². The average molecular weight is 278 g/mol. The van der Waals surface area contributed by atoms with Crippen molar-refractivity contribution in [3.8, 4) is 0 Å². The second-order valence-corrected chi connectivity index (χ2v) is 5.10. The second kappa shape index (κ2) is 6.08. The van der Waals surface area contributed by atoms with Gasteiger partial charge in [0.15, 0.2) is 0 Å². The van der Waals surface area contributed by atoms with Gasteiger partial charge in [0.1, 0.15) is 6.10 Å². The van der Waals surface area contributed by atoms with E-state index in [1.807, 2.05) is 54.6 Å². The summed E-state index contributed by atoms with van der Waals surface area (Å²) in [6.45, 7) is 0.498. The number of fused-ring (bicyclic) bond motifs is 1. The van der Waals surface area contributed by atoms with E-state index in [9.17, 15) is 5.11 Å². The molecule has 0 saturated heterocycles. The third-order valence-electron chi connectivity index (χ3n) is 3.77. The van der Waals surface area contributed by atoms with Crippen LogP contribution in [0.2, 0.25) is 0 Å². The van der Waals surface area contributed by atoms with Crippen molar-refractivity contribution in [2.75, 3.05) is 7.11 Å². The summed E-state index contributed by atoms with van der Waals surface area (Å²) in [5.74, 6) is 0. The van der Waals surface area contributed by atoms with Crippen LogP contribution in [0.1, 0.15) is 22.8 Å². The second-order valence-electron chi connectivity index (χ2n) is 5.10. The van der Waals surface area contributed by atoms with Crippen LogP contribution in [-0.4, -0.2) is 12.2 Å². The molecule has 0 aliphatic heterocycles. The van der Waals surface area contributed by atoms with Crippen molar-refractivity contribution in [3.63, 3.8) is 0 Å². The molecule has 0 amide bonds. The lowest BCUT2D eigenvalue weighted by molar-refractivity contribution is 0.176. The third kappa shape index (κ3) is 2.68. The van der Waals surface area contributed by atoms with Gasteiger partial charge in [0.2, 0.25) is 0 Å². The Bertz CT molecular complexity index is 744. The largest absolute Gasteiger partial charge is 0.384 e. The maximum Gasteiger partial charge on any atom is 0.105 e. The first kappa shape index (κ1) is 13.8. The van der Waals surface area contributed by atoms with Crippen molar-refractivity contribution in [1.82, 2.24) is 0 Å². The molecule has 0 saturated carbocycles. The summed E-state index contributed by atoms with van der Waals surface area (Å²) in [5.41, 5.74) is 2.84. The van der Waals surface area contributed by atoms with E-state index in [2.05, 4.69) is 12.1 Å². The lowest BCUT2D eigenvalue weighted by Gasteiger charge is -2.17. The fourth-order valence-corrected chi connectivity index (χ4v) is 2.74. The van der Waals surface area contributed by atoms with Crippen LogP contribution in [0.5, 0.6) is 0 Å². The zero-order valence-corrected chi connectivity index (χ0v) is 12.0. The molecule has 2 nitrogen and oxygen atoms in total. The minimum absolute atomic E-state index is 0.498. The Kier molecular flexibility index (Phi) is 4.00. The Morgan fingerprint density at radius 2 is 1.52 bits per heavy atom. The van der Waals surface area contributed by atoms with Crippen molar-refractivity contribution in [2.45, 2.75) is 12.7 Å². The van der Waals surface area contributed by atoms with E-state index in [1.165, 1.54) is 0 Å². The van der Waals surface area contributed by atoms with Crippen LogP contribution in [0, 0.1) is 0 Å². The summed E-state index contributed by atoms with van der Waals surface area (Å²) < 4.78 is 5.23. The van der Waals surface area contributed by atoms with Gasteiger partial charge in [-0.15, -0.1) is 0 Å². The van der Waals surface area contributed by atoms with Crippen LogP contribution in [0.4, 0.5) is 0 Å². The van der Waals surface area contributed by atoms with Gasteiger partial charge in [-0.2, -0.15) is 0 Å². The van der Waals surface area contributed by atoms with E-state index in [1.54, 1.807) is 7.11 Å². The van der Waals surface area contributed by atoms with Crippen molar-refractivity contribution in [1.29, 1.82) is 0 Å². The van der Waals surface area contributed by atoms with E-state index in [4.69, 9.17) is 4.74 Å². The average Bonchev–Trinajstić information content (AvgIpc) is 2.54. The molecule has 0 bridgehead atoms. The molecule has 0 radical (unpaired) electrons. The normalized spacial score (nSPS) is 12.5. The summed E-state index contributed by atoms with van der Waals surface area (Å²) >= 11 is 0. The molecule has 3 rings (SSSR count). The highest BCUT2D eigenvalue weighted by Gasteiger charge is 2.16. The highest BCUT2D eigenvalue weighted by Crippen LogP contribution is 2.30. The quantitative estimate of drug-likeness (QED) is 0.779. The number of hydrogen-bond acceptors (Lipinski definition) is 2. The lowest BCUT2D eigenvalue weighted by atomic mass is 9.93. The Balaban J connectivity index is 2.11. The molecule has 3 aromatic rings. The number of benzene rings is 3. The zero-order chi connectivity index (χ0) is 14.7. The number of hydrogen-bond donors (Lipinski definition) is 1. The molecular formula is C19H18O2. The smallest absolute Gasteiger partial charge is 0.105 e. The molecular weight excluding hydrogens is 260 g/mol. The molecule has 3 aromatic carbocycles. The number of methoxy groups -OCH3 is 1. The molecule has 2 heteroatoms. The van der Waals surface area contributed by atoms with Crippen LogP contribution in [0.25, 0.3) is 10.8 Å². The molecule has 21 heavy (non-hydrogen) atoms. The Morgan fingerprint density at radius 3 is 2.38 bits per heavy atom. The van der Waals surface area contributed by atoms with Crippen LogP contribution in [0.15, 0.2) is 66.7 Å². The summed E-state index contributed by atoms with van der Waals surface area (Å²) in [6, 6.07) is 22.0. The SMILES string of the molecule is COCc1ccccc1C(O)c1cccc2ccccc12. The molecule has 1 N–H and O–H groups in total. The molecule has 0 heterocycles. The standard InChI is InChI=1S/C19H18O2/c1-21-13-15-8-3-5-11-17(15)19(20)18-12-6-9-14-7-2-4-10-16(14)18/h2-12,19-20H,13H2,1H3. The van der Waals surface area contributed by atoms with Crippen molar-refractivity contribution in [3.05, 3.63) is 83.4 Å². The summed E-state index contributed by atoms with van der Waals surface area (Å²) in [5, 5.41) is 13.1. The zero-order valence-electron chi connectivity index (χ0n) is 12.0. The van der Waals surface area contributed by atoms with Gasteiger partial charge < -0.3 is 9.84 Å². The van der Waals surface area contributed by atoms with E-state index in [0.29, 0.717) is 6.61 Å². The van der Waals surface area contributed by atoms with Gasteiger partial charge in [0.05, 0.1) is 6.61 Å². The van der Waals surface area contributed by atoms with Gasteiger partial charge in [0.25, 0.3) is 0 Å². The minimum atomic E-state index is -0.651. The fourth-order valence-electron chi connectivity index (χ4n) is 2.74. The first-order chi connectivity index (χ1) is 10.3. The maximum atomic E-state index is 10.8. The van der Waals surface area contributed by atoms with Gasteiger partial charge in [-0.05, 0) is 27.5 Å². The number of ether oxygens (including phenoxy) is 1. The maximum absolute atomic E-state index is 10.8.